The second kappa shape index (κ2) is 9.11. The number of carbonyl (C=O) groups is 2. The number of anilines is 1. The van der Waals surface area contributed by atoms with Crippen molar-refractivity contribution in [2.75, 3.05) is 30.5 Å². The smallest absolute Gasteiger partial charge is 0.198 e. The van der Waals surface area contributed by atoms with E-state index < -0.39 is 0 Å². The van der Waals surface area contributed by atoms with Gasteiger partial charge in [-0.1, -0.05) is 48.5 Å². The summed E-state index contributed by atoms with van der Waals surface area (Å²) in [5.41, 5.74) is 2.86. The summed E-state index contributed by atoms with van der Waals surface area (Å²) in [6.07, 6.45) is 3.28. The third-order valence-electron chi connectivity index (χ3n) is 4.10. The molecule has 0 atom stereocenters. The van der Waals surface area contributed by atoms with Gasteiger partial charge in [0.05, 0.1) is 9.81 Å². The quantitative estimate of drug-likeness (QED) is 0.301. The maximum Gasteiger partial charge on any atom is 0.198 e. The van der Waals surface area contributed by atoms with Gasteiger partial charge in [-0.2, -0.15) is 0 Å². The monoisotopic (exact) mass is 395 g/mol. The van der Waals surface area contributed by atoms with E-state index in [0.29, 0.717) is 5.56 Å². The highest BCUT2D eigenvalue weighted by Gasteiger charge is 2.25. The number of hydrogen-bond donors (Lipinski definition) is 0. The third kappa shape index (κ3) is 4.93. The molecule has 0 radical (unpaired) electrons. The van der Waals surface area contributed by atoms with Gasteiger partial charge < -0.3 is 4.90 Å². The Bertz CT molecular complexity index is 876. The SMILES string of the molecule is CN(C)c1ccc(C=CC(=O)C(C(=O)c2ccccc2)=C2SCCS2)cc1. The van der Waals surface area contributed by atoms with Crippen molar-refractivity contribution in [2.24, 2.45) is 0 Å². The van der Waals surface area contributed by atoms with Crippen molar-refractivity contribution in [2.45, 2.75) is 0 Å². The van der Waals surface area contributed by atoms with E-state index in [0.717, 1.165) is 27.0 Å². The molecule has 1 fully saturated rings. The van der Waals surface area contributed by atoms with Crippen LogP contribution in [-0.2, 0) is 4.79 Å². The molecular formula is C22H21NO2S2. The van der Waals surface area contributed by atoms with E-state index in [-0.39, 0.29) is 17.1 Å². The van der Waals surface area contributed by atoms with Crippen LogP contribution < -0.4 is 4.90 Å². The van der Waals surface area contributed by atoms with Gasteiger partial charge in [-0.15, -0.1) is 23.5 Å². The van der Waals surface area contributed by atoms with Crippen LogP contribution >= 0.6 is 23.5 Å². The van der Waals surface area contributed by atoms with E-state index >= 15 is 0 Å². The molecule has 0 aliphatic carbocycles. The van der Waals surface area contributed by atoms with Crippen LogP contribution in [0.3, 0.4) is 0 Å². The second-order valence-electron chi connectivity index (χ2n) is 6.24. The van der Waals surface area contributed by atoms with Crippen molar-refractivity contribution >= 4 is 46.9 Å². The summed E-state index contributed by atoms with van der Waals surface area (Å²) in [5.74, 6) is 1.41. The molecule has 5 heteroatoms. The Morgan fingerprint density at radius 2 is 1.56 bits per heavy atom. The van der Waals surface area contributed by atoms with Crippen LogP contribution in [0.4, 0.5) is 5.69 Å². The number of Topliss-reactive ketones (excluding diaryl/α,β-unsaturated/α-hetero) is 1. The van der Waals surface area contributed by atoms with Gasteiger partial charge in [-0.3, -0.25) is 9.59 Å². The van der Waals surface area contributed by atoms with Crippen molar-refractivity contribution in [1.82, 2.24) is 0 Å². The lowest BCUT2D eigenvalue weighted by atomic mass is 10.0. The van der Waals surface area contributed by atoms with Crippen LogP contribution in [0.25, 0.3) is 6.08 Å². The molecule has 1 aliphatic heterocycles. The van der Waals surface area contributed by atoms with Gasteiger partial charge in [0.15, 0.2) is 11.6 Å². The summed E-state index contributed by atoms with van der Waals surface area (Å²) >= 11 is 3.18. The van der Waals surface area contributed by atoms with Crippen molar-refractivity contribution in [3.8, 4) is 0 Å². The van der Waals surface area contributed by atoms with E-state index in [1.54, 1.807) is 41.7 Å². The number of benzene rings is 2. The topological polar surface area (TPSA) is 37.4 Å². The molecule has 2 aromatic rings. The van der Waals surface area contributed by atoms with Gasteiger partial charge in [-0.25, -0.2) is 0 Å². The molecule has 1 saturated heterocycles. The zero-order chi connectivity index (χ0) is 19.2. The zero-order valence-corrected chi connectivity index (χ0v) is 17.0. The van der Waals surface area contributed by atoms with Crippen LogP contribution in [0.2, 0.25) is 0 Å². The first-order valence-corrected chi connectivity index (χ1v) is 10.6. The van der Waals surface area contributed by atoms with Crippen LogP contribution in [0.15, 0.2) is 70.5 Å². The minimum absolute atomic E-state index is 0.204. The molecule has 0 aromatic heterocycles. The number of thioether (sulfide) groups is 2. The Labute approximate surface area is 168 Å². The number of ketones is 2. The molecule has 3 rings (SSSR count). The lowest BCUT2D eigenvalue weighted by Crippen LogP contribution is -2.12. The van der Waals surface area contributed by atoms with Gasteiger partial charge in [-0.05, 0) is 23.8 Å². The summed E-state index contributed by atoms with van der Waals surface area (Å²) in [6.45, 7) is 0. The maximum atomic E-state index is 13.0. The van der Waals surface area contributed by atoms with Crippen molar-refractivity contribution < 1.29 is 9.59 Å². The molecule has 2 aromatic carbocycles. The van der Waals surface area contributed by atoms with Crippen molar-refractivity contribution in [3.05, 3.63) is 81.6 Å². The molecular weight excluding hydrogens is 374 g/mol. The second-order valence-corrected chi connectivity index (χ2v) is 8.71. The lowest BCUT2D eigenvalue weighted by Gasteiger charge is -2.11. The van der Waals surface area contributed by atoms with Crippen LogP contribution in [0, 0.1) is 0 Å². The Morgan fingerprint density at radius 1 is 0.926 bits per heavy atom. The highest BCUT2D eigenvalue weighted by Crippen LogP contribution is 2.40. The largest absolute Gasteiger partial charge is 0.378 e. The molecule has 0 amide bonds. The average Bonchev–Trinajstić information content (AvgIpc) is 3.21. The summed E-state index contributed by atoms with van der Waals surface area (Å²) in [5, 5.41) is 0. The van der Waals surface area contributed by atoms with E-state index in [2.05, 4.69) is 0 Å². The van der Waals surface area contributed by atoms with E-state index in [1.807, 2.05) is 61.5 Å². The van der Waals surface area contributed by atoms with Crippen molar-refractivity contribution in [3.63, 3.8) is 0 Å². The number of rotatable bonds is 6. The zero-order valence-electron chi connectivity index (χ0n) is 15.3. The predicted octanol–water partition coefficient (Wildman–Crippen LogP) is 4.91. The summed E-state index contributed by atoms with van der Waals surface area (Å²) in [4.78, 5) is 27.9. The highest BCUT2D eigenvalue weighted by molar-refractivity contribution is 8.25. The fourth-order valence-corrected chi connectivity index (χ4v) is 5.18. The van der Waals surface area contributed by atoms with Crippen LogP contribution in [-0.4, -0.2) is 37.2 Å². The van der Waals surface area contributed by atoms with Crippen LogP contribution in [0.1, 0.15) is 15.9 Å². The summed E-state index contributed by atoms with van der Waals surface area (Å²) < 4.78 is 0.835. The first-order chi connectivity index (χ1) is 13.1. The Morgan fingerprint density at radius 3 is 2.15 bits per heavy atom. The Hall–Kier alpha value is -2.24. The van der Waals surface area contributed by atoms with Crippen LogP contribution in [0.5, 0.6) is 0 Å². The van der Waals surface area contributed by atoms with Gasteiger partial charge >= 0.3 is 0 Å². The first kappa shape index (κ1) is 19.5. The molecule has 0 bridgehead atoms. The molecule has 138 valence electrons. The fourth-order valence-electron chi connectivity index (χ4n) is 2.63. The number of hydrogen-bond acceptors (Lipinski definition) is 5. The molecule has 0 N–H and O–H groups in total. The molecule has 1 heterocycles. The average molecular weight is 396 g/mol. The van der Waals surface area contributed by atoms with E-state index in [4.69, 9.17) is 0 Å². The highest BCUT2D eigenvalue weighted by atomic mass is 32.2. The van der Waals surface area contributed by atoms with E-state index in [9.17, 15) is 9.59 Å². The van der Waals surface area contributed by atoms with Gasteiger partial charge in [0, 0.05) is 36.9 Å². The minimum atomic E-state index is -0.238. The maximum absolute atomic E-state index is 13.0. The molecule has 0 unspecified atom stereocenters. The number of nitrogens with zero attached hydrogens (tertiary/aromatic N) is 1. The number of allylic oxidation sites excluding steroid dienone is 2. The third-order valence-corrected chi connectivity index (χ3v) is 6.81. The summed E-state index contributed by atoms with van der Waals surface area (Å²) in [6, 6.07) is 16.9. The Balaban J connectivity index is 1.85. The van der Waals surface area contributed by atoms with Gasteiger partial charge in [0.25, 0.3) is 0 Å². The molecule has 0 spiro atoms. The molecule has 0 saturated carbocycles. The number of carbonyl (C=O) groups excluding carboxylic acids is 2. The van der Waals surface area contributed by atoms with Gasteiger partial charge in [0.1, 0.15) is 0 Å². The standard InChI is InChI=1S/C22H21NO2S2/c1-23(2)18-11-8-16(9-12-18)10-13-19(24)20(22-26-14-15-27-22)21(25)17-6-4-3-5-7-17/h3-13H,14-15H2,1-2H3. The minimum Gasteiger partial charge on any atom is -0.378 e. The normalized spacial score (nSPS) is 13.8. The first-order valence-electron chi connectivity index (χ1n) is 8.65. The molecule has 27 heavy (non-hydrogen) atoms. The lowest BCUT2D eigenvalue weighted by molar-refractivity contribution is -0.111. The molecule has 1 aliphatic rings. The molecule has 3 nitrogen and oxygen atoms in total. The fraction of sp³-hybridized carbons (Fsp3) is 0.182. The predicted molar refractivity (Wildman–Crippen MR) is 118 cm³/mol. The van der Waals surface area contributed by atoms with E-state index in [1.165, 1.54) is 6.08 Å². The Kier molecular flexibility index (Phi) is 6.58. The van der Waals surface area contributed by atoms with Crippen molar-refractivity contribution in [1.29, 1.82) is 0 Å². The van der Waals surface area contributed by atoms with Gasteiger partial charge in [0.2, 0.25) is 0 Å². The summed E-state index contributed by atoms with van der Waals surface area (Å²) in [7, 11) is 3.97.